The Morgan fingerprint density at radius 1 is 1.50 bits per heavy atom. The van der Waals surface area contributed by atoms with Crippen molar-refractivity contribution < 1.29 is 0 Å². The first-order chi connectivity index (χ1) is 7.77. The van der Waals surface area contributed by atoms with E-state index in [-0.39, 0.29) is 0 Å². The van der Waals surface area contributed by atoms with Gasteiger partial charge in [0.1, 0.15) is 0 Å². The van der Waals surface area contributed by atoms with Crippen LogP contribution in [-0.4, -0.2) is 18.1 Å². The zero-order valence-corrected chi connectivity index (χ0v) is 10.9. The molecule has 0 saturated carbocycles. The molecule has 86 valence electrons. The first-order valence-corrected chi connectivity index (χ1v) is 6.82. The second-order valence-electron chi connectivity index (χ2n) is 3.28. The van der Waals surface area contributed by atoms with Gasteiger partial charge in [0.05, 0.1) is 22.3 Å². The molecule has 0 spiro atoms. The Hall–Kier alpha value is -0.850. The van der Waals surface area contributed by atoms with E-state index in [1.165, 1.54) is 0 Å². The summed E-state index contributed by atoms with van der Waals surface area (Å²) in [7, 11) is 0. The minimum absolute atomic E-state index is 0.634. The van der Waals surface area contributed by atoms with Crippen molar-refractivity contribution in [3.8, 4) is 6.07 Å². The molecule has 4 heteroatoms. The molecule has 0 aliphatic rings. The van der Waals surface area contributed by atoms with E-state index in [0.717, 1.165) is 30.2 Å². The Morgan fingerprint density at radius 3 is 3.00 bits per heavy atom. The lowest BCUT2D eigenvalue weighted by atomic mass is 10.2. The fourth-order valence-corrected chi connectivity index (χ4v) is 2.09. The smallest absolute Gasteiger partial charge is 0.0992 e. The lowest BCUT2D eigenvalue weighted by Crippen LogP contribution is -2.03. The zero-order valence-electron chi connectivity index (χ0n) is 9.29. The summed E-state index contributed by atoms with van der Waals surface area (Å²) in [4.78, 5) is 0. The van der Waals surface area contributed by atoms with E-state index in [9.17, 15) is 0 Å². The molecule has 0 heterocycles. The van der Waals surface area contributed by atoms with E-state index in [2.05, 4.69) is 18.3 Å². The molecule has 0 bridgehead atoms. The molecule has 2 nitrogen and oxygen atoms in total. The lowest BCUT2D eigenvalue weighted by molar-refractivity contribution is 0.992. The number of rotatable bonds is 6. The van der Waals surface area contributed by atoms with Crippen LogP contribution in [0.15, 0.2) is 18.2 Å². The van der Waals surface area contributed by atoms with Crippen LogP contribution >= 0.6 is 23.4 Å². The fourth-order valence-electron chi connectivity index (χ4n) is 1.27. The summed E-state index contributed by atoms with van der Waals surface area (Å²) in [6.07, 6.45) is 1.10. The highest BCUT2D eigenvalue weighted by atomic mass is 35.5. The van der Waals surface area contributed by atoms with Gasteiger partial charge in [-0.25, -0.2) is 0 Å². The second-order valence-corrected chi connectivity index (χ2v) is 5.08. The van der Waals surface area contributed by atoms with Gasteiger partial charge in [0, 0.05) is 6.54 Å². The lowest BCUT2D eigenvalue weighted by Gasteiger charge is -2.08. The van der Waals surface area contributed by atoms with Crippen molar-refractivity contribution >= 4 is 29.1 Å². The molecule has 0 aliphatic heterocycles. The summed E-state index contributed by atoms with van der Waals surface area (Å²) in [6, 6.07) is 7.37. The van der Waals surface area contributed by atoms with Crippen LogP contribution in [0.1, 0.15) is 18.9 Å². The molecule has 1 N–H and O–H groups in total. The predicted octanol–water partition coefficient (Wildman–Crippen LogP) is 3.77. The fraction of sp³-hybridized carbons (Fsp3) is 0.417. The van der Waals surface area contributed by atoms with Gasteiger partial charge in [-0.15, -0.1) is 0 Å². The van der Waals surface area contributed by atoms with Gasteiger partial charge in [-0.3, -0.25) is 0 Å². The van der Waals surface area contributed by atoms with E-state index in [1.54, 1.807) is 18.2 Å². The Bertz CT molecular complexity index is 374. The Morgan fingerprint density at radius 2 is 2.31 bits per heavy atom. The van der Waals surface area contributed by atoms with Crippen LogP contribution in [0, 0.1) is 11.3 Å². The van der Waals surface area contributed by atoms with Crippen molar-refractivity contribution in [2.75, 3.05) is 23.4 Å². The number of halogens is 1. The average Bonchev–Trinajstić information content (AvgIpc) is 2.31. The third-order valence-electron chi connectivity index (χ3n) is 2.08. The van der Waals surface area contributed by atoms with Crippen LogP contribution in [0.3, 0.4) is 0 Å². The normalized spacial score (nSPS) is 9.81. The third kappa shape index (κ3) is 4.34. The van der Waals surface area contributed by atoms with Crippen molar-refractivity contribution in [2.24, 2.45) is 0 Å². The molecule has 0 fully saturated rings. The summed E-state index contributed by atoms with van der Waals surface area (Å²) >= 11 is 7.95. The van der Waals surface area contributed by atoms with Gasteiger partial charge < -0.3 is 5.32 Å². The number of anilines is 1. The second kappa shape index (κ2) is 7.43. The number of nitriles is 1. The van der Waals surface area contributed by atoms with Crippen molar-refractivity contribution in [1.82, 2.24) is 0 Å². The Labute approximate surface area is 106 Å². The molecule has 0 radical (unpaired) electrons. The number of thioether (sulfide) groups is 1. The first kappa shape index (κ1) is 13.2. The van der Waals surface area contributed by atoms with E-state index in [4.69, 9.17) is 16.9 Å². The summed E-state index contributed by atoms with van der Waals surface area (Å²) < 4.78 is 0. The number of nitrogens with zero attached hydrogens (tertiary/aromatic N) is 1. The highest BCUT2D eigenvalue weighted by Gasteiger charge is 2.00. The molecular weight excluding hydrogens is 240 g/mol. The first-order valence-electron chi connectivity index (χ1n) is 5.29. The van der Waals surface area contributed by atoms with Crippen LogP contribution in [0.2, 0.25) is 5.02 Å². The largest absolute Gasteiger partial charge is 0.384 e. The molecule has 0 atom stereocenters. The van der Waals surface area contributed by atoms with Crippen LogP contribution in [0.5, 0.6) is 0 Å². The Balaban J connectivity index is 2.44. The number of benzene rings is 1. The summed E-state index contributed by atoms with van der Waals surface area (Å²) in [6.45, 7) is 3.05. The van der Waals surface area contributed by atoms with Crippen molar-refractivity contribution in [3.05, 3.63) is 28.8 Å². The van der Waals surface area contributed by atoms with Gasteiger partial charge in [-0.2, -0.15) is 17.0 Å². The monoisotopic (exact) mass is 254 g/mol. The maximum Gasteiger partial charge on any atom is 0.0992 e. The SMILES string of the molecule is CCSCCCNc1cc(C#N)ccc1Cl. The van der Waals surface area contributed by atoms with Crippen LogP contribution < -0.4 is 5.32 Å². The molecule has 1 rings (SSSR count). The minimum Gasteiger partial charge on any atom is -0.384 e. The number of hydrogen-bond acceptors (Lipinski definition) is 3. The summed E-state index contributed by atoms with van der Waals surface area (Å²) in [5.41, 5.74) is 1.48. The maximum absolute atomic E-state index is 8.77. The zero-order chi connectivity index (χ0) is 11.8. The number of nitrogens with one attached hydrogen (secondary N) is 1. The van der Waals surface area contributed by atoms with Crippen LogP contribution in [0.25, 0.3) is 0 Å². The molecule has 0 unspecified atom stereocenters. The highest BCUT2D eigenvalue weighted by molar-refractivity contribution is 7.99. The quantitative estimate of drug-likeness (QED) is 0.785. The molecular formula is C12H15ClN2S. The molecule has 1 aromatic carbocycles. The van der Waals surface area contributed by atoms with Crippen molar-refractivity contribution in [3.63, 3.8) is 0 Å². The molecule has 0 amide bonds. The summed E-state index contributed by atoms with van der Waals surface area (Å²) in [5, 5.41) is 12.7. The van der Waals surface area contributed by atoms with Gasteiger partial charge >= 0.3 is 0 Å². The van der Waals surface area contributed by atoms with E-state index in [0.29, 0.717) is 10.6 Å². The number of hydrogen-bond donors (Lipinski definition) is 1. The molecule has 0 saturated heterocycles. The maximum atomic E-state index is 8.77. The summed E-state index contributed by atoms with van der Waals surface area (Å²) in [5.74, 6) is 2.31. The van der Waals surface area contributed by atoms with Crippen molar-refractivity contribution in [1.29, 1.82) is 5.26 Å². The van der Waals surface area contributed by atoms with Gasteiger partial charge in [0.25, 0.3) is 0 Å². The standard InChI is InChI=1S/C12H15ClN2S/c1-2-16-7-3-6-15-12-8-10(9-14)4-5-11(12)13/h4-5,8,15H,2-3,6-7H2,1H3. The van der Waals surface area contributed by atoms with Gasteiger partial charge in [0.2, 0.25) is 0 Å². The topological polar surface area (TPSA) is 35.8 Å². The van der Waals surface area contributed by atoms with E-state index in [1.807, 2.05) is 11.8 Å². The molecule has 0 aliphatic carbocycles. The molecule has 0 aromatic heterocycles. The van der Waals surface area contributed by atoms with Gasteiger partial charge in [0.15, 0.2) is 0 Å². The third-order valence-corrected chi connectivity index (χ3v) is 3.40. The van der Waals surface area contributed by atoms with Gasteiger partial charge in [-0.05, 0) is 36.1 Å². The van der Waals surface area contributed by atoms with Crippen LogP contribution in [-0.2, 0) is 0 Å². The van der Waals surface area contributed by atoms with E-state index < -0.39 is 0 Å². The average molecular weight is 255 g/mol. The predicted molar refractivity (Wildman–Crippen MR) is 72.3 cm³/mol. The van der Waals surface area contributed by atoms with Crippen LogP contribution in [0.4, 0.5) is 5.69 Å². The Kier molecular flexibility index (Phi) is 6.14. The molecule has 16 heavy (non-hydrogen) atoms. The highest BCUT2D eigenvalue weighted by Crippen LogP contribution is 2.22. The molecule has 1 aromatic rings. The van der Waals surface area contributed by atoms with Crippen molar-refractivity contribution in [2.45, 2.75) is 13.3 Å². The van der Waals surface area contributed by atoms with Gasteiger partial charge in [-0.1, -0.05) is 18.5 Å². The minimum atomic E-state index is 0.634. The van der Waals surface area contributed by atoms with E-state index >= 15 is 0 Å².